The van der Waals surface area contributed by atoms with Gasteiger partial charge in [-0.1, -0.05) is 23.7 Å². The number of aromatic nitrogens is 1. The lowest BCUT2D eigenvalue weighted by atomic mass is 10.1. The average molecular weight is 565 g/mol. The number of carbonyl (C=O) groups excluding carboxylic acids is 2. The Hall–Kier alpha value is -2.95. The van der Waals surface area contributed by atoms with Crippen LogP contribution in [-0.4, -0.2) is 21.1 Å². The summed E-state index contributed by atoms with van der Waals surface area (Å²) >= 11 is 18.5. The topological polar surface area (TPSA) is 71.1 Å². The molecule has 5 nitrogen and oxygen atoms in total. The van der Waals surface area contributed by atoms with Gasteiger partial charge in [0.25, 0.3) is 12.3 Å². The number of alkyl halides is 4. The van der Waals surface area contributed by atoms with Gasteiger partial charge < -0.3 is 10.6 Å². The minimum atomic E-state index is -3.01. The first-order valence-electron chi connectivity index (χ1n) is 10.1. The molecule has 2 amide bonds. The Balaban J connectivity index is 1.50. The van der Waals surface area contributed by atoms with Gasteiger partial charge in [-0.2, -0.15) is 0 Å². The molecule has 1 aliphatic carbocycles. The van der Waals surface area contributed by atoms with Crippen molar-refractivity contribution in [1.29, 1.82) is 0 Å². The predicted molar refractivity (Wildman–Crippen MR) is 124 cm³/mol. The maximum absolute atomic E-state index is 14.0. The van der Waals surface area contributed by atoms with Gasteiger partial charge in [0, 0.05) is 17.7 Å². The van der Waals surface area contributed by atoms with E-state index in [0.29, 0.717) is 12.3 Å². The van der Waals surface area contributed by atoms with E-state index in [1.165, 1.54) is 24.3 Å². The number of nitrogens with one attached hydrogen (secondary N) is 2. The van der Waals surface area contributed by atoms with E-state index in [0.717, 1.165) is 12.1 Å². The highest BCUT2D eigenvalue weighted by Gasteiger charge is 2.67. The Labute approximate surface area is 215 Å². The van der Waals surface area contributed by atoms with E-state index in [2.05, 4.69) is 15.6 Å². The Kier molecular flexibility index (Phi) is 7.14. The van der Waals surface area contributed by atoms with Crippen LogP contribution in [0.25, 0.3) is 0 Å². The van der Waals surface area contributed by atoms with Gasteiger partial charge in [-0.05, 0) is 29.8 Å². The van der Waals surface area contributed by atoms with Crippen molar-refractivity contribution < 1.29 is 31.5 Å². The highest BCUT2D eigenvalue weighted by molar-refractivity contribution is 6.53. The van der Waals surface area contributed by atoms with E-state index in [-0.39, 0.29) is 21.8 Å². The molecule has 36 heavy (non-hydrogen) atoms. The highest BCUT2D eigenvalue weighted by Crippen LogP contribution is 2.65. The lowest BCUT2D eigenvalue weighted by Crippen LogP contribution is -2.19. The summed E-state index contributed by atoms with van der Waals surface area (Å²) in [4.78, 5) is 28.9. The first-order valence-corrected chi connectivity index (χ1v) is 11.2. The Morgan fingerprint density at radius 3 is 2.33 bits per heavy atom. The van der Waals surface area contributed by atoms with E-state index < -0.39 is 63.2 Å². The molecule has 1 heterocycles. The first-order chi connectivity index (χ1) is 16.9. The molecule has 2 aromatic carbocycles. The number of benzene rings is 2. The molecule has 0 aliphatic heterocycles. The molecule has 2 N–H and O–H groups in total. The summed E-state index contributed by atoms with van der Waals surface area (Å²) in [7, 11) is 0. The summed E-state index contributed by atoms with van der Waals surface area (Å²) < 4.78 is 64.9. The number of anilines is 2. The zero-order valence-corrected chi connectivity index (χ0v) is 19.9. The second-order valence-electron chi connectivity index (χ2n) is 7.83. The van der Waals surface area contributed by atoms with Crippen LogP contribution in [0.15, 0.2) is 48.7 Å². The SMILES string of the molecule is O=C(Nc1ncc(F)cc1F)c1cc(NC(=O)[C@@H]2[C@@H](c3ccc(C(F)F)c(F)c3)C2(Cl)Cl)ccc1Cl. The van der Waals surface area contributed by atoms with Crippen molar-refractivity contribution in [3.63, 3.8) is 0 Å². The largest absolute Gasteiger partial charge is 0.326 e. The van der Waals surface area contributed by atoms with Crippen molar-refractivity contribution in [3.05, 3.63) is 87.8 Å². The number of carbonyl (C=O) groups is 2. The molecule has 3 aromatic rings. The second-order valence-corrected chi connectivity index (χ2v) is 9.68. The molecule has 4 rings (SSSR count). The molecule has 1 aliphatic rings. The van der Waals surface area contributed by atoms with Gasteiger partial charge >= 0.3 is 0 Å². The van der Waals surface area contributed by atoms with Crippen LogP contribution in [0.3, 0.4) is 0 Å². The zero-order valence-electron chi connectivity index (χ0n) is 17.6. The Bertz CT molecular complexity index is 1370. The van der Waals surface area contributed by atoms with Crippen molar-refractivity contribution in [2.24, 2.45) is 5.92 Å². The molecule has 188 valence electrons. The molecule has 0 spiro atoms. The summed E-state index contributed by atoms with van der Waals surface area (Å²) in [6.07, 6.45) is -2.30. The fraction of sp³-hybridized carbons (Fsp3) is 0.174. The summed E-state index contributed by atoms with van der Waals surface area (Å²) in [6.45, 7) is 0. The van der Waals surface area contributed by atoms with Gasteiger partial charge in [-0.25, -0.2) is 26.9 Å². The van der Waals surface area contributed by atoms with Crippen molar-refractivity contribution in [2.75, 3.05) is 10.6 Å². The number of hydrogen-bond acceptors (Lipinski definition) is 3. The van der Waals surface area contributed by atoms with Gasteiger partial charge in [0.05, 0.1) is 28.3 Å². The third kappa shape index (κ3) is 5.11. The van der Waals surface area contributed by atoms with Gasteiger partial charge in [-0.3, -0.25) is 9.59 Å². The van der Waals surface area contributed by atoms with Gasteiger partial charge in [0.15, 0.2) is 11.6 Å². The van der Waals surface area contributed by atoms with Gasteiger partial charge in [0.1, 0.15) is 16.0 Å². The third-order valence-electron chi connectivity index (χ3n) is 5.47. The molecular formula is C23H13Cl3F5N3O2. The molecule has 1 saturated carbocycles. The van der Waals surface area contributed by atoms with Gasteiger partial charge in [0.2, 0.25) is 5.91 Å². The molecular weight excluding hydrogens is 552 g/mol. The Morgan fingerprint density at radius 2 is 1.69 bits per heavy atom. The zero-order chi connectivity index (χ0) is 26.4. The van der Waals surface area contributed by atoms with Crippen LogP contribution in [0.5, 0.6) is 0 Å². The number of rotatable bonds is 6. The monoisotopic (exact) mass is 563 g/mol. The van der Waals surface area contributed by atoms with E-state index in [1.54, 1.807) is 0 Å². The van der Waals surface area contributed by atoms with Crippen LogP contribution in [0.2, 0.25) is 5.02 Å². The number of nitrogens with zero attached hydrogens (tertiary/aromatic N) is 1. The molecule has 0 unspecified atom stereocenters. The molecule has 0 bridgehead atoms. The van der Waals surface area contributed by atoms with Crippen LogP contribution in [-0.2, 0) is 4.79 Å². The van der Waals surface area contributed by atoms with Crippen LogP contribution in [0, 0.1) is 23.4 Å². The second kappa shape index (κ2) is 9.84. The number of pyridine rings is 1. The molecule has 0 saturated heterocycles. The van der Waals surface area contributed by atoms with Crippen molar-refractivity contribution in [2.45, 2.75) is 16.7 Å². The Morgan fingerprint density at radius 1 is 0.972 bits per heavy atom. The minimum absolute atomic E-state index is 0.0454. The molecule has 1 aromatic heterocycles. The molecule has 2 atom stereocenters. The average Bonchev–Trinajstić information content (AvgIpc) is 3.38. The fourth-order valence-corrected chi connectivity index (χ4v) is 4.69. The standard InChI is InChI=1S/C23H13Cl3F5N3O2/c24-14-4-2-11(7-13(14)21(35)34-20-16(29)6-10(27)8-32-20)33-22(36)18-17(23(18,25)26)9-1-3-12(19(30)31)15(28)5-9/h1-8,17-19H,(H,33,36)(H,32,34,35)/t17-,18+/m1/s1. The van der Waals surface area contributed by atoms with Crippen LogP contribution >= 0.6 is 34.8 Å². The lowest BCUT2D eigenvalue weighted by Gasteiger charge is -2.10. The maximum atomic E-state index is 14.0. The van der Waals surface area contributed by atoms with Crippen LogP contribution < -0.4 is 10.6 Å². The van der Waals surface area contributed by atoms with Crippen LogP contribution in [0.1, 0.15) is 33.8 Å². The molecule has 1 fully saturated rings. The fourth-order valence-electron chi connectivity index (χ4n) is 3.66. The van der Waals surface area contributed by atoms with Crippen LogP contribution in [0.4, 0.5) is 33.5 Å². The number of halogens is 8. The van der Waals surface area contributed by atoms with E-state index >= 15 is 0 Å². The third-order valence-corrected chi connectivity index (χ3v) is 6.74. The van der Waals surface area contributed by atoms with E-state index in [1.807, 2.05) is 0 Å². The quantitative estimate of drug-likeness (QED) is 0.254. The molecule has 13 heteroatoms. The smallest absolute Gasteiger partial charge is 0.266 e. The minimum Gasteiger partial charge on any atom is -0.326 e. The van der Waals surface area contributed by atoms with E-state index in [9.17, 15) is 31.5 Å². The summed E-state index contributed by atoms with van der Waals surface area (Å²) in [5.74, 6) is -7.27. The van der Waals surface area contributed by atoms with Crippen molar-refractivity contribution >= 4 is 58.1 Å². The summed E-state index contributed by atoms with van der Waals surface area (Å²) in [6, 6.07) is 7.35. The number of amides is 2. The maximum Gasteiger partial charge on any atom is 0.266 e. The molecule has 0 radical (unpaired) electrons. The predicted octanol–water partition coefficient (Wildman–Crippen LogP) is 6.87. The lowest BCUT2D eigenvalue weighted by molar-refractivity contribution is -0.117. The van der Waals surface area contributed by atoms with E-state index in [4.69, 9.17) is 34.8 Å². The first kappa shape index (κ1) is 26.1. The van der Waals surface area contributed by atoms with Crippen molar-refractivity contribution in [1.82, 2.24) is 4.98 Å². The number of hydrogen-bond donors (Lipinski definition) is 2. The summed E-state index contributed by atoms with van der Waals surface area (Å²) in [5.41, 5.74) is -0.707. The normalized spacial score (nSPS) is 18.1. The summed E-state index contributed by atoms with van der Waals surface area (Å²) in [5, 5.41) is 4.61. The van der Waals surface area contributed by atoms with Crippen molar-refractivity contribution in [3.8, 4) is 0 Å². The highest BCUT2D eigenvalue weighted by atomic mass is 35.5. The van der Waals surface area contributed by atoms with Gasteiger partial charge in [-0.15, -0.1) is 23.2 Å².